The highest BCUT2D eigenvalue weighted by molar-refractivity contribution is 6.35. The fourth-order valence-corrected chi connectivity index (χ4v) is 3.97. The SMILES string of the molecule is CCc1ccc(Oc2ncc(Cl)cc2Cl)cc1C1C(=O)CC(C)(C)CC1=O. The van der Waals surface area contributed by atoms with Crippen molar-refractivity contribution in [2.24, 2.45) is 5.41 Å². The van der Waals surface area contributed by atoms with Gasteiger partial charge in [-0.3, -0.25) is 9.59 Å². The molecule has 1 aliphatic carbocycles. The summed E-state index contributed by atoms with van der Waals surface area (Å²) in [7, 11) is 0. The van der Waals surface area contributed by atoms with E-state index in [-0.39, 0.29) is 27.9 Å². The van der Waals surface area contributed by atoms with E-state index < -0.39 is 5.92 Å². The molecule has 1 heterocycles. The average molecular weight is 406 g/mol. The molecule has 4 nitrogen and oxygen atoms in total. The van der Waals surface area contributed by atoms with Crippen molar-refractivity contribution in [2.45, 2.75) is 46.0 Å². The summed E-state index contributed by atoms with van der Waals surface area (Å²) < 4.78 is 5.78. The van der Waals surface area contributed by atoms with Gasteiger partial charge in [0.15, 0.2) is 0 Å². The minimum Gasteiger partial charge on any atom is -0.438 e. The van der Waals surface area contributed by atoms with Crippen LogP contribution in [0.5, 0.6) is 11.6 Å². The molecule has 0 spiro atoms. The highest BCUT2D eigenvalue weighted by Gasteiger charge is 2.41. The first kappa shape index (κ1) is 19.8. The second-order valence-corrected chi connectivity index (χ2v) is 8.48. The number of pyridine rings is 1. The topological polar surface area (TPSA) is 56.3 Å². The van der Waals surface area contributed by atoms with Crippen molar-refractivity contribution < 1.29 is 14.3 Å². The first-order valence-electron chi connectivity index (χ1n) is 8.87. The van der Waals surface area contributed by atoms with Crippen LogP contribution in [0.25, 0.3) is 0 Å². The first-order valence-corrected chi connectivity index (χ1v) is 9.63. The lowest BCUT2D eigenvalue weighted by atomic mass is 9.69. The summed E-state index contributed by atoms with van der Waals surface area (Å²) in [5, 5.41) is 0.700. The number of aromatic nitrogens is 1. The molecule has 1 fully saturated rings. The van der Waals surface area contributed by atoms with Crippen LogP contribution >= 0.6 is 23.2 Å². The normalized spacial score (nSPS) is 17.2. The number of ketones is 2. The lowest BCUT2D eigenvalue weighted by Gasteiger charge is -2.33. The summed E-state index contributed by atoms with van der Waals surface area (Å²) in [6.45, 7) is 5.90. The van der Waals surface area contributed by atoms with E-state index >= 15 is 0 Å². The van der Waals surface area contributed by atoms with E-state index in [2.05, 4.69) is 4.98 Å². The third-order valence-corrected chi connectivity index (χ3v) is 5.22. The number of carbonyl (C=O) groups is 2. The van der Waals surface area contributed by atoms with Crippen molar-refractivity contribution in [3.05, 3.63) is 51.6 Å². The molecule has 1 aromatic heterocycles. The van der Waals surface area contributed by atoms with Gasteiger partial charge in [-0.05, 0) is 41.2 Å². The monoisotopic (exact) mass is 405 g/mol. The maximum absolute atomic E-state index is 12.7. The number of hydrogen-bond acceptors (Lipinski definition) is 4. The van der Waals surface area contributed by atoms with Crippen molar-refractivity contribution in [3.63, 3.8) is 0 Å². The van der Waals surface area contributed by atoms with Gasteiger partial charge in [-0.25, -0.2) is 4.98 Å². The summed E-state index contributed by atoms with van der Waals surface area (Å²) in [5.41, 5.74) is 1.39. The molecular formula is C21H21Cl2NO3. The predicted molar refractivity (Wildman–Crippen MR) is 106 cm³/mol. The van der Waals surface area contributed by atoms with Crippen molar-refractivity contribution in [1.29, 1.82) is 0 Å². The van der Waals surface area contributed by atoms with Crippen molar-refractivity contribution in [2.75, 3.05) is 0 Å². The van der Waals surface area contributed by atoms with Gasteiger partial charge in [0, 0.05) is 19.0 Å². The molecule has 0 bridgehead atoms. The van der Waals surface area contributed by atoms with Gasteiger partial charge in [-0.1, -0.05) is 50.0 Å². The van der Waals surface area contributed by atoms with Crippen molar-refractivity contribution >= 4 is 34.8 Å². The molecule has 0 radical (unpaired) electrons. The Morgan fingerprint density at radius 2 is 1.81 bits per heavy atom. The van der Waals surface area contributed by atoms with Crippen molar-refractivity contribution in [1.82, 2.24) is 4.98 Å². The molecule has 1 aromatic carbocycles. The van der Waals surface area contributed by atoms with E-state index in [1.807, 2.05) is 26.8 Å². The molecule has 0 saturated heterocycles. The number of Topliss-reactive ketones (excluding diaryl/α,β-unsaturated/α-hetero) is 2. The lowest BCUT2D eigenvalue weighted by molar-refractivity contribution is -0.135. The summed E-state index contributed by atoms with van der Waals surface area (Å²) in [4.78, 5) is 29.6. The summed E-state index contributed by atoms with van der Waals surface area (Å²) in [5.74, 6) is -0.107. The standard InChI is InChI=1S/C21H21Cl2NO3/c1-4-12-5-6-14(27-20-16(23)7-13(22)11-24-20)8-15(12)19-17(25)9-21(2,3)10-18(19)26/h5-8,11,19H,4,9-10H2,1-3H3. The Balaban J connectivity index is 1.97. The lowest BCUT2D eigenvalue weighted by Crippen LogP contribution is -2.36. The number of nitrogens with zero attached hydrogens (tertiary/aromatic N) is 1. The number of benzene rings is 1. The Morgan fingerprint density at radius 1 is 1.15 bits per heavy atom. The quantitative estimate of drug-likeness (QED) is 0.604. The maximum atomic E-state index is 12.7. The van der Waals surface area contributed by atoms with Crippen LogP contribution < -0.4 is 4.74 Å². The van der Waals surface area contributed by atoms with Gasteiger partial charge in [0.2, 0.25) is 5.88 Å². The zero-order valence-electron chi connectivity index (χ0n) is 15.5. The van der Waals surface area contributed by atoms with Crippen LogP contribution in [0.4, 0.5) is 0 Å². The van der Waals surface area contributed by atoms with Crippen molar-refractivity contribution in [3.8, 4) is 11.6 Å². The van der Waals surface area contributed by atoms with Crippen LogP contribution in [0.3, 0.4) is 0 Å². The molecule has 142 valence electrons. The highest BCUT2D eigenvalue weighted by Crippen LogP contribution is 2.40. The first-order chi connectivity index (χ1) is 12.7. The molecule has 3 rings (SSSR count). The summed E-state index contributed by atoms with van der Waals surface area (Å²) in [6, 6.07) is 6.97. The Bertz CT molecular complexity index is 888. The molecule has 0 amide bonds. The van der Waals surface area contributed by atoms with E-state index in [9.17, 15) is 9.59 Å². The van der Waals surface area contributed by atoms with Gasteiger partial charge < -0.3 is 4.74 Å². The van der Waals surface area contributed by atoms with Gasteiger partial charge in [0.1, 0.15) is 28.3 Å². The molecule has 0 aliphatic heterocycles. The maximum Gasteiger partial charge on any atom is 0.238 e. The van der Waals surface area contributed by atoms with Crippen LogP contribution in [-0.2, 0) is 16.0 Å². The predicted octanol–water partition coefficient (Wildman–Crippen LogP) is 5.78. The number of ether oxygens (including phenoxy) is 1. The van der Waals surface area contributed by atoms with E-state index in [0.717, 1.165) is 12.0 Å². The smallest absolute Gasteiger partial charge is 0.238 e. The molecule has 0 atom stereocenters. The Labute approximate surface area is 168 Å². The number of carbonyl (C=O) groups excluding carboxylic acids is 2. The highest BCUT2D eigenvalue weighted by atomic mass is 35.5. The zero-order chi connectivity index (χ0) is 19.8. The van der Waals surface area contributed by atoms with E-state index in [0.29, 0.717) is 29.2 Å². The molecule has 1 aliphatic rings. The average Bonchev–Trinajstić information content (AvgIpc) is 2.56. The Morgan fingerprint density at radius 3 is 2.41 bits per heavy atom. The van der Waals surface area contributed by atoms with Crippen LogP contribution in [0.2, 0.25) is 10.0 Å². The van der Waals surface area contributed by atoms with Crippen LogP contribution in [-0.4, -0.2) is 16.6 Å². The molecule has 0 unspecified atom stereocenters. The van der Waals surface area contributed by atoms with E-state index in [1.165, 1.54) is 6.20 Å². The van der Waals surface area contributed by atoms with Crippen LogP contribution in [0, 0.1) is 5.41 Å². The second kappa shape index (κ2) is 7.61. The third kappa shape index (κ3) is 4.33. The van der Waals surface area contributed by atoms with Gasteiger partial charge in [0.05, 0.1) is 5.02 Å². The van der Waals surface area contributed by atoms with Crippen LogP contribution in [0.1, 0.15) is 50.7 Å². The second-order valence-electron chi connectivity index (χ2n) is 7.64. The molecule has 2 aromatic rings. The largest absolute Gasteiger partial charge is 0.438 e. The van der Waals surface area contributed by atoms with Gasteiger partial charge in [-0.15, -0.1) is 0 Å². The molecule has 0 N–H and O–H groups in total. The van der Waals surface area contributed by atoms with E-state index in [4.69, 9.17) is 27.9 Å². The number of aryl methyl sites for hydroxylation is 1. The van der Waals surface area contributed by atoms with E-state index in [1.54, 1.807) is 18.2 Å². The summed E-state index contributed by atoms with van der Waals surface area (Å²) >= 11 is 12.0. The fraction of sp³-hybridized carbons (Fsp3) is 0.381. The molecule has 6 heteroatoms. The Kier molecular flexibility index (Phi) is 5.59. The van der Waals surface area contributed by atoms with Crippen LogP contribution in [0.15, 0.2) is 30.5 Å². The van der Waals surface area contributed by atoms with Gasteiger partial charge in [-0.2, -0.15) is 0 Å². The molecule has 27 heavy (non-hydrogen) atoms. The number of hydrogen-bond donors (Lipinski definition) is 0. The summed E-state index contributed by atoms with van der Waals surface area (Å²) in [6.07, 6.45) is 2.95. The fourth-order valence-electron chi connectivity index (χ4n) is 3.55. The number of halogens is 2. The molecular weight excluding hydrogens is 385 g/mol. The van der Waals surface area contributed by atoms with Gasteiger partial charge in [0.25, 0.3) is 0 Å². The third-order valence-electron chi connectivity index (χ3n) is 4.75. The van der Waals surface area contributed by atoms with Gasteiger partial charge >= 0.3 is 0 Å². The minimum atomic E-state index is -0.731. The Hall–Kier alpha value is -1.91. The number of rotatable bonds is 4. The minimum absolute atomic E-state index is 0.0363. The molecule has 1 saturated carbocycles. The zero-order valence-corrected chi connectivity index (χ0v) is 17.0.